The van der Waals surface area contributed by atoms with Gasteiger partial charge in [0.1, 0.15) is 11.3 Å². The molecule has 1 N–H and O–H groups in total. The summed E-state index contributed by atoms with van der Waals surface area (Å²) >= 11 is 9.43. The Balaban J connectivity index is 2.07. The van der Waals surface area contributed by atoms with E-state index in [2.05, 4.69) is 28.2 Å². The van der Waals surface area contributed by atoms with Gasteiger partial charge >= 0.3 is 0 Å². The van der Waals surface area contributed by atoms with E-state index in [-0.39, 0.29) is 6.04 Å². The molecule has 2 aromatic heterocycles. The molecule has 0 aliphatic carbocycles. The van der Waals surface area contributed by atoms with Gasteiger partial charge < -0.3 is 14.2 Å². The monoisotopic (exact) mass is 353 g/mol. The zero-order chi connectivity index (χ0) is 14.1. The minimum absolute atomic E-state index is 0.0562. The van der Waals surface area contributed by atoms with Crippen LogP contribution in [-0.4, -0.2) is 6.54 Å². The van der Waals surface area contributed by atoms with Crippen molar-refractivity contribution in [1.82, 2.24) is 5.32 Å². The van der Waals surface area contributed by atoms with Gasteiger partial charge in [-0.2, -0.15) is 0 Å². The van der Waals surface area contributed by atoms with Crippen LogP contribution in [-0.2, 0) is 0 Å². The van der Waals surface area contributed by atoms with Crippen LogP contribution in [0.2, 0.25) is 5.02 Å². The summed E-state index contributed by atoms with van der Waals surface area (Å²) in [5.74, 6) is 0.839. The van der Waals surface area contributed by atoms with E-state index < -0.39 is 0 Å². The first kappa shape index (κ1) is 13.7. The Morgan fingerprint density at radius 3 is 2.85 bits per heavy atom. The van der Waals surface area contributed by atoms with Gasteiger partial charge in [0.25, 0.3) is 0 Å². The van der Waals surface area contributed by atoms with Crippen LogP contribution < -0.4 is 5.32 Å². The maximum absolute atomic E-state index is 6.01. The Morgan fingerprint density at radius 2 is 2.15 bits per heavy atom. The maximum Gasteiger partial charge on any atom is 0.174 e. The van der Waals surface area contributed by atoms with Crippen molar-refractivity contribution in [3.05, 3.63) is 57.6 Å². The molecule has 1 unspecified atom stereocenters. The molecule has 0 radical (unpaired) electrons. The predicted octanol–water partition coefficient (Wildman–Crippen LogP) is 5.14. The molecule has 2 heterocycles. The molecule has 0 spiro atoms. The number of fused-ring (bicyclic) bond motifs is 1. The molecule has 3 nitrogen and oxygen atoms in total. The van der Waals surface area contributed by atoms with Crippen LogP contribution in [0.5, 0.6) is 0 Å². The van der Waals surface area contributed by atoms with Gasteiger partial charge in [0.15, 0.2) is 4.67 Å². The van der Waals surface area contributed by atoms with Gasteiger partial charge in [0.2, 0.25) is 0 Å². The van der Waals surface area contributed by atoms with Crippen molar-refractivity contribution in [2.75, 3.05) is 6.54 Å². The van der Waals surface area contributed by atoms with E-state index in [4.69, 9.17) is 20.4 Å². The summed E-state index contributed by atoms with van der Waals surface area (Å²) in [6.45, 7) is 2.88. The Morgan fingerprint density at radius 1 is 1.30 bits per heavy atom. The Labute approximate surface area is 130 Å². The predicted molar refractivity (Wildman–Crippen MR) is 83.2 cm³/mol. The lowest BCUT2D eigenvalue weighted by Gasteiger charge is -2.14. The van der Waals surface area contributed by atoms with Crippen molar-refractivity contribution in [3.8, 4) is 0 Å². The molecule has 0 saturated carbocycles. The number of halogens is 2. The molecule has 1 atom stereocenters. The lowest BCUT2D eigenvalue weighted by molar-refractivity contribution is 0.467. The van der Waals surface area contributed by atoms with E-state index in [1.165, 1.54) is 0 Å². The number of nitrogens with one attached hydrogen (secondary N) is 1. The zero-order valence-corrected chi connectivity index (χ0v) is 13.2. The summed E-state index contributed by atoms with van der Waals surface area (Å²) in [5, 5.41) is 5.10. The summed E-state index contributed by atoms with van der Waals surface area (Å²) in [7, 11) is 0. The molecule has 3 aromatic rings. The summed E-state index contributed by atoms with van der Waals surface area (Å²) in [6, 6.07) is 9.49. The molecule has 20 heavy (non-hydrogen) atoms. The molecule has 0 amide bonds. The molecular formula is C15H13BrClNO2. The van der Waals surface area contributed by atoms with Gasteiger partial charge in [-0.05, 0) is 52.8 Å². The van der Waals surface area contributed by atoms with E-state index >= 15 is 0 Å². The highest BCUT2D eigenvalue weighted by Gasteiger charge is 2.21. The second-order valence-electron chi connectivity index (χ2n) is 4.47. The average molecular weight is 355 g/mol. The van der Waals surface area contributed by atoms with Crippen molar-refractivity contribution in [3.63, 3.8) is 0 Å². The number of furan rings is 2. The number of hydrogen-bond acceptors (Lipinski definition) is 3. The van der Waals surface area contributed by atoms with Crippen LogP contribution in [0.25, 0.3) is 11.0 Å². The summed E-state index contributed by atoms with van der Waals surface area (Å²) in [4.78, 5) is 0. The van der Waals surface area contributed by atoms with Gasteiger partial charge in [-0.1, -0.05) is 18.5 Å². The largest absolute Gasteiger partial charge is 0.459 e. The van der Waals surface area contributed by atoms with E-state index in [9.17, 15) is 0 Å². The van der Waals surface area contributed by atoms with Crippen molar-refractivity contribution in [2.24, 2.45) is 0 Å². The first-order valence-electron chi connectivity index (χ1n) is 6.34. The van der Waals surface area contributed by atoms with Gasteiger partial charge in [-0.3, -0.25) is 0 Å². The number of rotatable bonds is 4. The van der Waals surface area contributed by atoms with Gasteiger partial charge in [-0.15, -0.1) is 0 Å². The molecule has 1 aromatic carbocycles. The van der Waals surface area contributed by atoms with Crippen molar-refractivity contribution in [2.45, 2.75) is 13.0 Å². The SMILES string of the molecule is CCNC(c1cc2cc(Cl)ccc2o1)c1ccoc1Br. The van der Waals surface area contributed by atoms with E-state index in [0.717, 1.165) is 28.8 Å². The van der Waals surface area contributed by atoms with Gasteiger partial charge in [0.05, 0.1) is 12.3 Å². The molecule has 3 rings (SSSR count). The maximum atomic E-state index is 6.01. The fourth-order valence-electron chi connectivity index (χ4n) is 2.26. The molecule has 104 valence electrons. The number of benzene rings is 1. The van der Waals surface area contributed by atoms with Crippen molar-refractivity contribution < 1.29 is 8.83 Å². The second-order valence-corrected chi connectivity index (χ2v) is 5.63. The van der Waals surface area contributed by atoms with E-state index in [1.54, 1.807) is 6.26 Å². The number of hydrogen-bond donors (Lipinski definition) is 1. The Hall–Kier alpha value is -1.23. The molecule has 0 bridgehead atoms. The molecule has 0 aliphatic heterocycles. The molecule has 0 aliphatic rings. The van der Waals surface area contributed by atoms with Crippen LogP contribution in [0.4, 0.5) is 0 Å². The lowest BCUT2D eigenvalue weighted by Crippen LogP contribution is -2.21. The molecular weight excluding hydrogens is 342 g/mol. The zero-order valence-electron chi connectivity index (χ0n) is 10.8. The minimum Gasteiger partial charge on any atom is -0.459 e. The summed E-state index contributed by atoms with van der Waals surface area (Å²) < 4.78 is 12.0. The smallest absolute Gasteiger partial charge is 0.174 e. The van der Waals surface area contributed by atoms with Crippen LogP contribution in [0, 0.1) is 0 Å². The third-order valence-electron chi connectivity index (χ3n) is 3.15. The highest BCUT2D eigenvalue weighted by Crippen LogP contribution is 2.33. The fourth-order valence-corrected chi connectivity index (χ4v) is 2.90. The molecule has 0 saturated heterocycles. The Kier molecular flexibility index (Phi) is 3.87. The van der Waals surface area contributed by atoms with Crippen LogP contribution in [0.1, 0.15) is 24.3 Å². The highest BCUT2D eigenvalue weighted by molar-refractivity contribution is 9.10. The lowest BCUT2D eigenvalue weighted by atomic mass is 10.1. The Bertz CT molecular complexity index is 734. The van der Waals surface area contributed by atoms with Crippen LogP contribution in [0.15, 0.2) is 50.1 Å². The quantitative estimate of drug-likeness (QED) is 0.705. The summed E-state index contributed by atoms with van der Waals surface area (Å²) in [6.07, 6.45) is 1.66. The first-order chi connectivity index (χ1) is 9.69. The van der Waals surface area contributed by atoms with E-state index in [0.29, 0.717) is 9.69 Å². The van der Waals surface area contributed by atoms with E-state index in [1.807, 2.05) is 30.3 Å². The summed E-state index contributed by atoms with van der Waals surface area (Å²) in [5.41, 5.74) is 1.84. The standard InChI is InChI=1S/C15H13BrClNO2/c1-2-18-14(11-5-6-19-15(11)16)13-8-9-7-10(17)3-4-12(9)20-13/h3-8,14,18H,2H2,1H3. The van der Waals surface area contributed by atoms with Crippen LogP contribution >= 0.6 is 27.5 Å². The van der Waals surface area contributed by atoms with Crippen LogP contribution in [0.3, 0.4) is 0 Å². The third-order valence-corrected chi connectivity index (χ3v) is 4.03. The minimum atomic E-state index is -0.0562. The van der Waals surface area contributed by atoms with Gasteiger partial charge in [0, 0.05) is 16.0 Å². The molecule has 0 fully saturated rings. The highest BCUT2D eigenvalue weighted by atomic mass is 79.9. The van der Waals surface area contributed by atoms with Crippen molar-refractivity contribution in [1.29, 1.82) is 0 Å². The first-order valence-corrected chi connectivity index (χ1v) is 7.51. The van der Waals surface area contributed by atoms with Gasteiger partial charge in [-0.25, -0.2) is 0 Å². The fraction of sp³-hybridized carbons (Fsp3) is 0.200. The second kappa shape index (κ2) is 5.64. The average Bonchev–Trinajstić information content (AvgIpc) is 3.01. The van der Waals surface area contributed by atoms with Crippen molar-refractivity contribution >= 4 is 38.5 Å². The molecule has 5 heteroatoms. The third kappa shape index (κ3) is 2.51. The topological polar surface area (TPSA) is 38.3 Å². The normalized spacial score (nSPS) is 12.9.